The Hall–Kier alpha value is -4.19. The highest BCUT2D eigenvalue weighted by molar-refractivity contribution is 7.89. The van der Waals surface area contributed by atoms with Crippen molar-refractivity contribution in [2.24, 2.45) is 0 Å². The SMILES string of the molecule is COc1cc(-c2ccc(C(=O)O)cc2)c(C)cc1Nc1ncc(Cl)c(Nc2ccccc2S(=O)(=O)N(C)C)n1. The number of carboxylic acids is 1. The van der Waals surface area contributed by atoms with E-state index >= 15 is 0 Å². The van der Waals surface area contributed by atoms with Crippen LogP contribution in [0.15, 0.2) is 71.8 Å². The van der Waals surface area contributed by atoms with E-state index in [2.05, 4.69) is 20.6 Å². The Balaban J connectivity index is 1.65. The molecule has 0 saturated heterocycles. The molecule has 0 unspecified atom stereocenters. The lowest BCUT2D eigenvalue weighted by atomic mass is 9.98. The summed E-state index contributed by atoms with van der Waals surface area (Å²) in [4.78, 5) is 20.0. The summed E-state index contributed by atoms with van der Waals surface area (Å²) >= 11 is 6.34. The van der Waals surface area contributed by atoms with Gasteiger partial charge in [-0.3, -0.25) is 0 Å². The molecule has 4 rings (SSSR count). The van der Waals surface area contributed by atoms with E-state index in [4.69, 9.17) is 21.4 Å². The van der Waals surface area contributed by atoms with Gasteiger partial charge in [0.05, 0.1) is 30.2 Å². The number of carboxylic acid groups (broad SMARTS) is 1. The topological polar surface area (TPSA) is 134 Å². The van der Waals surface area contributed by atoms with Crippen molar-refractivity contribution in [3.05, 3.63) is 83.0 Å². The maximum absolute atomic E-state index is 12.8. The first-order chi connectivity index (χ1) is 18.5. The predicted octanol–water partition coefficient (Wildman–Crippen LogP) is 5.55. The minimum absolute atomic E-state index is 0.0726. The molecule has 0 atom stereocenters. The number of carbonyl (C=O) groups is 1. The number of aromatic nitrogens is 2. The van der Waals surface area contributed by atoms with E-state index in [0.29, 0.717) is 17.1 Å². The first-order valence-corrected chi connectivity index (χ1v) is 13.4. The lowest BCUT2D eigenvalue weighted by Gasteiger charge is -2.17. The number of hydrogen-bond acceptors (Lipinski definition) is 8. The highest BCUT2D eigenvalue weighted by atomic mass is 35.5. The second kappa shape index (κ2) is 11.3. The molecule has 0 radical (unpaired) electrons. The van der Waals surface area contributed by atoms with Gasteiger partial charge in [-0.05, 0) is 60.0 Å². The second-order valence-corrected chi connectivity index (χ2v) is 11.2. The number of aryl methyl sites for hydroxylation is 1. The number of benzene rings is 3. The highest BCUT2D eigenvalue weighted by Crippen LogP contribution is 2.36. The number of anilines is 4. The first-order valence-electron chi connectivity index (χ1n) is 11.6. The third-order valence-corrected chi connectivity index (χ3v) is 8.03. The zero-order valence-corrected chi connectivity index (χ0v) is 23.1. The molecule has 39 heavy (non-hydrogen) atoms. The lowest BCUT2D eigenvalue weighted by Crippen LogP contribution is -2.23. The minimum atomic E-state index is -3.72. The Morgan fingerprint density at radius 3 is 2.36 bits per heavy atom. The number of ether oxygens (including phenoxy) is 1. The molecule has 3 aromatic carbocycles. The van der Waals surface area contributed by atoms with Crippen molar-refractivity contribution in [3.63, 3.8) is 0 Å². The van der Waals surface area contributed by atoms with Gasteiger partial charge < -0.3 is 20.5 Å². The predicted molar refractivity (Wildman–Crippen MR) is 151 cm³/mol. The Morgan fingerprint density at radius 1 is 1.03 bits per heavy atom. The van der Waals surface area contributed by atoms with Crippen LogP contribution in [-0.2, 0) is 10.0 Å². The van der Waals surface area contributed by atoms with Crippen molar-refractivity contribution in [1.29, 1.82) is 0 Å². The summed E-state index contributed by atoms with van der Waals surface area (Å²) < 4.78 is 32.3. The molecule has 10 nitrogen and oxygen atoms in total. The van der Waals surface area contributed by atoms with Crippen LogP contribution >= 0.6 is 11.6 Å². The quantitative estimate of drug-likeness (QED) is 0.238. The van der Waals surface area contributed by atoms with Gasteiger partial charge in [0.2, 0.25) is 16.0 Å². The lowest BCUT2D eigenvalue weighted by molar-refractivity contribution is 0.0697. The third-order valence-electron chi connectivity index (χ3n) is 5.88. The number of rotatable bonds is 9. The fourth-order valence-electron chi connectivity index (χ4n) is 3.81. The fourth-order valence-corrected chi connectivity index (χ4v) is 4.99. The van der Waals surface area contributed by atoms with Gasteiger partial charge in [0.25, 0.3) is 0 Å². The number of sulfonamides is 1. The second-order valence-electron chi connectivity index (χ2n) is 8.67. The average Bonchev–Trinajstić information content (AvgIpc) is 2.91. The normalized spacial score (nSPS) is 11.3. The van der Waals surface area contributed by atoms with Gasteiger partial charge in [-0.15, -0.1) is 0 Å². The molecule has 0 spiro atoms. The first kappa shape index (κ1) is 27.8. The molecule has 0 amide bonds. The number of para-hydroxylation sites is 1. The van der Waals surface area contributed by atoms with Crippen LogP contribution in [0.4, 0.5) is 23.1 Å². The largest absolute Gasteiger partial charge is 0.495 e. The van der Waals surface area contributed by atoms with Crippen molar-refractivity contribution in [2.45, 2.75) is 11.8 Å². The van der Waals surface area contributed by atoms with Crippen LogP contribution in [0, 0.1) is 6.92 Å². The van der Waals surface area contributed by atoms with E-state index in [0.717, 1.165) is 21.0 Å². The maximum atomic E-state index is 12.8. The summed E-state index contributed by atoms with van der Waals surface area (Å²) in [7, 11) is 0.721. The number of nitrogens with zero attached hydrogens (tertiary/aromatic N) is 3. The Morgan fingerprint density at radius 2 is 1.72 bits per heavy atom. The number of hydrogen-bond donors (Lipinski definition) is 3. The van der Waals surface area contributed by atoms with Crippen molar-refractivity contribution >= 4 is 50.7 Å². The Kier molecular flexibility index (Phi) is 8.05. The van der Waals surface area contributed by atoms with E-state index in [1.807, 2.05) is 19.1 Å². The molecule has 1 aromatic heterocycles. The zero-order chi connectivity index (χ0) is 28.3. The summed E-state index contributed by atoms with van der Waals surface area (Å²) in [6, 6.07) is 16.7. The minimum Gasteiger partial charge on any atom is -0.495 e. The van der Waals surface area contributed by atoms with E-state index in [-0.39, 0.29) is 27.2 Å². The standard InChI is InChI=1S/C27H26ClN5O5S/c1-16-13-22(23(38-4)14-19(16)17-9-11-18(12-10-17)26(34)35)31-27-29-15-20(28)25(32-27)30-21-7-5-6-8-24(21)39(36,37)33(2)3/h5-15H,1-4H3,(H,34,35)(H2,29,30,31,32). The van der Waals surface area contributed by atoms with Gasteiger partial charge in [-0.25, -0.2) is 22.5 Å². The van der Waals surface area contributed by atoms with Crippen LogP contribution in [0.1, 0.15) is 15.9 Å². The molecule has 4 aromatic rings. The van der Waals surface area contributed by atoms with E-state index in [9.17, 15) is 13.2 Å². The summed E-state index contributed by atoms with van der Waals surface area (Å²) in [5.41, 5.74) is 3.70. The van der Waals surface area contributed by atoms with Gasteiger partial charge in [0, 0.05) is 14.1 Å². The smallest absolute Gasteiger partial charge is 0.335 e. The van der Waals surface area contributed by atoms with Gasteiger partial charge in [-0.1, -0.05) is 35.9 Å². The van der Waals surface area contributed by atoms with Gasteiger partial charge >= 0.3 is 5.97 Å². The number of nitrogens with one attached hydrogen (secondary N) is 2. The van der Waals surface area contributed by atoms with E-state index < -0.39 is 16.0 Å². The van der Waals surface area contributed by atoms with Crippen LogP contribution in [0.3, 0.4) is 0 Å². The third kappa shape index (κ3) is 5.95. The van der Waals surface area contributed by atoms with Crippen LogP contribution in [0.25, 0.3) is 11.1 Å². The van der Waals surface area contributed by atoms with Gasteiger partial charge in [-0.2, -0.15) is 4.98 Å². The molecule has 1 heterocycles. The molecule has 0 aliphatic rings. The molecule has 0 bridgehead atoms. The Bertz CT molecular complexity index is 1640. The molecule has 202 valence electrons. The number of aromatic carboxylic acids is 1. The van der Waals surface area contributed by atoms with Crippen molar-refractivity contribution < 1.29 is 23.1 Å². The molecular weight excluding hydrogens is 542 g/mol. The number of halogens is 1. The Labute approximate surface area is 231 Å². The fraction of sp³-hybridized carbons (Fsp3) is 0.148. The average molecular weight is 568 g/mol. The molecule has 0 aliphatic carbocycles. The van der Waals surface area contributed by atoms with Gasteiger partial charge in [0.1, 0.15) is 15.7 Å². The summed E-state index contributed by atoms with van der Waals surface area (Å²) in [5.74, 6) is -0.0732. The maximum Gasteiger partial charge on any atom is 0.335 e. The molecule has 0 saturated carbocycles. The van der Waals surface area contributed by atoms with Crippen LogP contribution < -0.4 is 15.4 Å². The van der Waals surface area contributed by atoms with Crippen LogP contribution in [0.2, 0.25) is 5.02 Å². The molecular formula is C27H26ClN5O5S. The highest BCUT2D eigenvalue weighted by Gasteiger charge is 2.22. The molecule has 12 heteroatoms. The van der Waals surface area contributed by atoms with Crippen molar-refractivity contribution in [2.75, 3.05) is 31.8 Å². The zero-order valence-electron chi connectivity index (χ0n) is 21.6. The molecule has 0 fully saturated rings. The van der Waals surface area contributed by atoms with E-state index in [1.54, 1.807) is 42.5 Å². The summed E-state index contributed by atoms with van der Waals surface area (Å²) in [6.07, 6.45) is 1.40. The number of methoxy groups -OCH3 is 1. The molecule has 3 N–H and O–H groups in total. The van der Waals surface area contributed by atoms with Crippen LogP contribution in [0.5, 0.6) is 5.75 Å². The summed E-state index contributed by atoms with van der Waals surface area (Å²) in [5, 5.41) is 15.5. The monoisotopic (exact) mass is 567 g/mol. The van der Waals surface area contributed by atoms with Crippen molar-refractivity contribution in [3.8, 4) is 16.9 Å². The van der Waals surface area contributed by atoms with Crippen LogP contribution in [-0.4, -0.2) is 55.0 Å². The van der Waals surface area contributed by atoms with Crippen molar-refractivity contribution in [1.82, 2.24) is 14.3 Å². The van der Waals surface area contributed by atoms with E-state index in [1.165, 1.54) is 33.5 Å². The molecule has 0 aliphatic heterocycles. The summed E-state index contributed by atoms with van der Waals surface area (Å²) in [6.45, 7) is 1.92. The van der Waals surface area contributed by atoms with Gasteiger partial charge in [0.15, 0.2) is 5.82 Å².